The zero-order valence-electron chi connectivity index (χ0n) is 10.2. The van der Waals surface area contributed by atoms with Crippen LogP contribution in [0.25, 0.3) is 0 Å². The second-order valence-electron chi connectivity index (χ2n) is 4.55. The average molecular weight is 284 g/mol. The van der Waals surface area contributed by atoms with E-state index in [1.54, 1.807) is 13.8 Å². The molecule has 0 saturated heterocycles. The minimum absolute atomic E-state index is 0. The van der Waals surface area contributed by atoms with Crippen LogP contribution in [-0.4, -0.2) is 40.0 Å². The van der Waals surface area contributed by atoms with E-state index in [9.17, 15) is 5.11 Å². The van der Waals surface area contributed by atoms with E-state index in [0.717, 1.165) is 0 Å². The Morgan fingerprint density at radius 2 is 1.56 bits per heavy atom. The summed E-state index contributed by atoms with van der Waals surface area (Å²) in [5.41, 5.74) is -1.35. The molecule has 0 aromatic heterocycles. The van der Waals surface area contributed by atoms with Crippen molar-refractivity contribution in [2.24, 2.45) is 0 Å². The third-order valence-corrected chi connectivity index (χ3v) is 4.59. The van der Waals surface area contributed by atoms with E-state index in [0.29, 0.717) is 0 Å². The van der Waals surface area contributed by atoms with E-state index in [4.69, 9.17) is 3.82 Å². The van der Waals surface area contributed by atoms with Crippen molar-refractivity contribution >= 4 is 28.2 Å². The number of rotatable bonds is 4. The molecule has 87 valence electrons. The van der Waals surface area contributed by atoms with Gasteiger partial charge in [-0.05, 0) is 0 Å². The van der Waals surface area contributed by atoms with Crippen LogP contribution in [-0.2, 0) is 3.82 Å². The second kappa shape index (κ2) is 5.88. The van der Waals surface area contributed by atoms with Crippen LogP contribution in [0.15, 0.2) is 30.3 Å². The molecule has 0 unspecified atom stereocenters. The molecule has 0 amide bonds. The van der Waals surface area contributed by atoms with E-state index in [-0.39, 0.29) is 23.7 Å². The Bertz CT molecular complexity index is 307. The first-order valence-electron chi connectivity index (χ1n) is 4.96. The maximum atomic E-state index is 9.91. The number of hydrogen-bond donors (Lipinski definition) is 1. The Balaban J connectivity index is 0.00000225. The first kappa shape index (κ1) is 15.7. The summed E-state index contributed by atoms with van der Waals surface area (Å²) < 4.78 is 6.98. The number of aliphatic hydroxyl groups is 1. The molecule has 0 bridgehead atoms. The summed E-state index contributed by atoms with van der Waals surface area (Å²) in [6.07, 6.45) is 0. The van der Waals surface area contributed by atoms with Crippen LogP contribution < -0.4 is 4.46 Å². The van der Waals surface area contributed by atoms with Crippen LogP contribution >= 0.6 is 0 Å². The van der Waals surface area contributed by atoms with Gasteiger partial charge in [0.05, 0.1) is 0 Å². The molecule has 16 heavy (non-hydrogen) atoms. The van der Waals surface area contributed by atoms with Crippen LogP contribution in [0.2, 0.25) is 0 Å². The van der Waals surface area contributed by atoms with Gasteiger partial charge in [-0.1, -0.05) is 0 Å². The fourth-order valence-electron chi connectivity index (χ4n) is 0.730. The van der Waals surface area contributed by atoms with Crippen LogP contribution in [0.5, 0.6) is 0 Å². The minimum atomic E-state index is -0.830. The van der Waals surface area contributed by atoms with Crippen molar-refractivity contribution in [1.82, 2.24) is 0 Å². The standard InChI is InChI=1S/C12H18O2Se.B/c1-11(2,13)12(3,4)14-15-10-8-6-5-7-9-10;/h5-9,13H,1-4H3;. The predicted octanol–water partition coefficient (Wildman–Crippen LogP) is 1.12. The predicted molar refractivity (Wildman–Crippen MR) is 69.0 cm³/mol. The van der Waals surface area contributed by atoms with Crippen molar-refractivity contribution in [1.29, 1.82) is 0 Å². The van der Waals surface area contributed by atoms with Crippen LogP contribution in [0.4, 0.5) is 0 Å². The molecule has 1 N–H and O–H groups in total. The summed E-state index contributed by atoms with van der Waals surface area (Å²) in [5.74, 6) is 0. The van der Waals surface area contributed by atoms with Crippen molar-refractivity contribution in [2.45, 2.75) is 38.9 Å². The molecule has 4 heteroatoms. The summed E-state index contributed by atoms with van der Waals surface area (Å²) in [4.78, 5) is 0. The molecular formula is C12H18BO2Se. The summed E-state index contributed by atoms with van der Waals surface area (Å²) >= 11 is -0.0508. The van der Waals surface area contributed by atoms with E-state index in [1.807, 2.05) is 44.2 Å². The van der Waals surface area contributed by atoms with Gasteiger partial charge in [-0.2, -0.15) is 0 Å². The molecule has 0 aliphatic carbocycles. The van der Waals surface area contributed by atoms with Crippen molar-refractivity contribution in [3.05, 3.63) is 30.3 Å². The zero-order valence-corrected chi connectivity index (χ0v) is 11.9. The molecule has 2 nitrogen and oxygen atoms in total. The number of hydrogen-bond acceptors (Lipinski definition) is 2. The van der Waals surface area contributed by atoms with Gasteiger partial charge in [0, 0.05) is 8.41 Å². The Labute approximate surface area is 106 Å². The topological polar surface area (TPSA) is 29.5 Å². The maximum absolute atomic E-state index is 9.91. The number of benzene rings is 1. The fraction of sp³-hybridized carbons (Fsp3) is 0.500. The van der Waals surface area contributed by atoms with Gasteiger partial charge in [-0.25, -0.2) is 0 Å². The minimum Gasteiger partial charge on any atom is 0 e. The molecule has 3 radical (unpaired) electrons. The summed E-state index contributed by atoms with van der Waals surface area (Å²) in [7, 11) is 0. The average Bonchev–Trinajstić information content (AvgIpc) is 2.15. The van der Waals surface area contributed by atoms with Crippen LogP contribution in [0.3, 0.4) is 0 Å². The monoisotopic (exact) mass is 285 g/mol. The maximum Gasteiger partial charge on any atom is 0 e. The summed E-state index contributed by atoms with van der Waals surface area (Å²) in [6.45, 7) is 7.37. The first-order chi connectivity index (χ1) is 6.83. The molecule has 0 fully saturated rings. The molecular weight excluding hydrogens is 266 g/mol. The van der Waals surface area contributed by atoms with E-state index in [2.05, 4.69) is 0 Å². The van der Waals surface area contributed by atoms with E-state index < -0.39 is 11.2 Å². The van der Waals surface area contributed by atoms with Gasteiger partial charge in [0.1, 0.15) is 0 Å². The zero-order chi connectivity index (χ0) is 11.5. The van der Waals surface area contributed by atoms with E-state index >= 15 is 0 Å². The van der Waals surface area contributed by atoms with Gasteiger partial charge in [0.15, 0.2) is 0 Å². The molecule has 0 heterocycles. The smallest absolute Gasteiger partial charge is 0 e. The molecule has 1 aromatic carbocycles. The van der Waals surface area contributed by atoms with Crippen molar-refractivity contribution in [3.8, 4) is 0 Å². The van der Waals surface area contributed by atoms with Gasteiger partial charge in [-0.3, -0.25) is 0 Å². The molecule has 1 aromatic rings. The Kier molecular flexibility index (Phi) is 5.78. The quantitative estimate of drug-likeness (QED) is 0.839. The second-order valence-corrected chi connectivity index (χ2v) is 6.24. The SMILES string of the molecule is CC(C)(O)C(C)(C)O[Se]c1ccccc1.[B]. The third kappa shape index (κ3) is 4.30. The van der Waals surface area contributed by atoms with Crippen molar-refractivity contribution in [2.75, 3.05) is 0 Å². The van der Waals surface area contributed by atoms with Gasteiger partial charge in [0.25, 0.3) is 0 Å². The normalized spacial score (nSPS) is 12.1. The summed E-state index contributed by atoms with van der Waals surface area (Å²) in [5, 5.41) is 9.91. The van der Waals surface area contributed by atoms with Gasteiger partial charge < -0.3 is 0 Å². The first-order valence-corrected chi connectivity index (χ1v) is 6.52. The van der Waals surface area contributed by atoms with Crippen molar-refractivity contribution < 1.29 is 8.93 Å². The van der Waals surface area contributed by atoms with Crippen LogP contribution in [0, 0.1) is 0 Å². The molecule has 0 spiro atoms. The molecule has 0 atom stereocenters. The summed E-state index contributed by atoms with van der Waals surface area (Å²) in [6, 6.07) is 10.1. The van der Waals surface area contributed by atoms with Gasteiger partial charge in [0.2, 0.25) is 0 Å². The Morgan fingerprint density at radius 3 is 2.00 bits per heavy atom. The van der Waals surface area contributed by atoms with Crippen LogP contribution in [0.1, 0.15) is 27.7 Å². The van der Waals surface area contributed by atoms with Gasteiger partial charge >= 0.3 is 97.9 Å². The third-order valence-electron chi connectivity index (χ3n) is 2.56. The Hall–Kier alpha value is -0.276. The Morgan fingerprint density at radius 1 is 1.06 bits per heavy atom. The van der Waals surface area contributed by atoms with Gasteiger partial charge in [-0.15, -0.1) is 0 Å². The van der Waals surface area contributed by atoms with E-state index in [1.165, 1.54) is 4.46 Å². The fourth-order valence-corrected chi connectivity index (χ4v) is 2.36. The largest absolute Gasteiger partial charge is 0 e. The van der Waals surface area contributed by atoms with Crippen molar-refractivity contribution in [3.63, 3.8) is 0 Å². The molecule has 0 aliphatic heterocycles. The molecule has 0 aliphatic rings. The molecule has 0 saturated carbocycles. The molecule has 1 rings (SSSR count).